The van der Waals surface area contributed by atoms with E-state index in [1.807, 2.05) is 26.8 Å². The summed E-state index contributed by atoms with van der Waals surface area (Å²) in [4.78, 5) is 8.32. The van der Waals surface area contributed by atoms with Crippen LogP contribution in [0.25, 0.3) is 0 Å². The van der Waals surface area contributed by atoms with Crippen LogP contribution in [0.15, 0.2) is 6.07 Å². The molecular weight excluding hydrogens is 361 g/mol. The van der Waals surface area contributed by atoms with E-state index < -0.39 is 5.69 Å². The van der Waals surface area contributed by atoms with Gasteiger partial charge < -0.3 is 14.4 Å². The van der Waals surface area contributed by atoms with Gasteiger partial charge >= 0.3 is 0 Å². The Hall–Kier alpha value is 0.0900. The standard InChI is InChI=1S/C13H23ClN3O2PS2/c1-5-7-22-20(21,18-6-2)19-9-11-8-12(15-10(3)4)17-13(14)16-11/h8,10H,5-7,9H2,1-4H3,(H,15,16,17)/t20-/m0/s1. The zero-order valence-corrected chi connectivity index (χ0v) is 16.6. The van der Waals surface area contributed by atoms with Gasteiger partial charge in [-0.15, -0.1) is 0 Å². The van der Waals surface area contributed by atoms with Gasteiger partial charge in [0.25, 0.3) is 0 Å². The van der Waals surface area contributed by atoms with E-state index in [-0.39, 0.29) is 17.9 Å². The lowest BCUT2D eigenvalue weighted by Gasteiger charge is -2.20. The molecule has 0 spiro atoms. The van der Waals surface area contributed by atoms with Gasteiger partial charge in [0.15, 0.2) is 0 Å². The predicted molar refractivity (Wildman–Crippen MR) is 99.2 cm³/mol. The third kappa shape index (κ3) is 7.57. The lowest BCUT2D eigenvalue weighted by Crippen LogP contribution is -2.12. The second-order valence-electron chi connectivity index (χ2n) is 4.78. The van der Waals surface area contributed by atoms with Crippen LogP contribution in [0.3, 0.4) is 0 Å². The Morgan fingerprint density at radius 2 is 2.09 bits per heavy atom. The molecular formula is C13H23ClN3O2PS2. The fourth-order valence-electron chi connectivity index (χ4n) is 1.53. The maximum atomic E-state index is 5.96. The average Bonchev–Trinajstić information content (AvgIpc) is 2.42. The Morgan fingerprint density at radius 3 is 2.68 bits per heavy atom. The zero-order chi connectivity index (χ0) is 16.6. The molecule has 0 aromatic carbocycles. The van der Waals surface area contributed by atoms with Crippen molar-refractivity contribution in [2.75, 3.05) is 17.7 Å². The van der Waals surface area contributed by atoms with Gasteiger partial charge in [-0.3, -0.25) is 0 Å². The van der Waals surface area contributed by atoms with Gasteiger partial charge in [0.05, 0.1) is 18.9 Å². The minimum atomic E-state index is -2.33. The van der Waals surface area contributed by atoms with Crippen molar-refractivity contribution in [1.82, 2.24) is 9.97 Å². The monoisotopic (exact) mass is 383 g/mol. The van der Waals surface area contributed by atoms with Gasteiger partial charge in [-0.2, -0.15) is 0 Å². The summed E-state index contributed by atoms with van der Waals surface area (Å²) in [6, 6.07) is 2.08. The first-order chi connectivity index (χ1) is 10.4. The highest BCUT2D eigenvalue weighted by Gasteiger charge is 2.19. The number of rotatable bonds is 10. The molecule has 1 aromatic rings. The first kappa shape index (κ1) is 20.1. The lowest BCUT2D eigenvalue weighted by atomic mass is 10.3. The van der Waals surface area contributed by atoms with Crippen LogP contribution in [0.5, 0.6) is 0 Å². The normalized spacial score (nSPS) is 14.1. The Balaban J connectivity index is 2.76. The maximum absolute atomic E-state index is 5.96. The van der Waals surface area contributed by atoms with E-state index in [9.17, 15) is 0 Å². The van der Waals surface area contributed by atoms with Crippen molar-refractivity contribution < 1.29 is 9.05 Å². The highest BCUT2D eigenvalue weighted by Crippen LogP contribution is 2.61. The molecule has 1 aromatic heterocycles. The number of hydrogen-bond acceptors (Lipinski definition) is 7. The van der Waals surface area contributed by atoms with Crippen LogP contribution in [0, 0.1) is 0 Å². The van der Waals surface area contributed by atoms with E-state index in [2.05, 4.69) is 22.2 Å². The minimum Gasteiger partial charge on any atom is -0.368 e. The van der Waals surface area contributed by atoms with Crippen molar-refractivity contribution in [1.29, 1.82) is 0 Å². The Labute approximate surface area is 146 Å². The fourth-order valence-corrected chi connectivity index (χ4v) is 6.25. The van der Waals surface area contributed by atoms with Crippen LogP contribution < -0.4 is 5.32 Å². The molecule has 1 N–H and O–H groups in total. The minimum absolute atomic E-state index is 0.190. The van der Waals surface area contributed by atoms with Gasteiger partial charge in [0, 0.05) is 17.9 Å². The second-order valence-corrected chi connectivity index (χ2v) is 11.6. The second kappa shape index (κ2) is 10.1. The SMILES string of the molecule is CCCS[P@@](=S)(OCC)OCc1cc(NC(C)C)nc(Cl)n1. The van der Waals surface area contributed by atoms with Crippen molar-refractivity contribution in [2.24, 2.45) is 0 Å². The Kier molecular flexibility index (Phi) is 9.21. The van der Waals surface area contributed by atoms with Gasteiger partial charge in [-0.1, -0.05) is 18.3 Å². The fraction of sp³-hybridized carbons (Fsp3) is 0.692. The summed E-state index contributed by atoms with van der Waals surface area (Å²) in [5.41, 5.74) is -1.64. The molecule has 0 fully saturated rings. The molecule has 1 heterocycles. The maximum Gasteiger partial charge on any atom is 0.247 e. The van der Waals surface area contributed by atoms with Crippen molar-refractivity contribution in [3.05, 3.63) is 17.0 Å². The van der Waals surface area contributed by atoms with E-state index in [1.54, 1.807) is 11.4 Å². The summed E-state index contributed by atoms with van der Waals surface area (Å²) >= 11 is 13.1. The molecule has 126 valence electrons. The van der Waals surface area contributed by atoms with Crippen molar-refractivity contribution in [3.63, 3.8) is 0 Å². The van der Waals surface area contributed by atoms with Gasteiger partial charge in [-0.05, 0) is 50.6 Å². The van der Waals surface area contributed by atoms with E-state index in [4.69, 9.17) is 32.5 Å². The molecule has 9 heteroatoms. The quantitative estimate of drug-likeness (QED) is 0.456. The molecule has 0 bridgehead atoms. The first-order valence-corrected chi connectivity index (χ1v) is 11.8. The lowest BCUT2D eigenvalue weighted by molar-refractivity contribution is 0.259. The van der Waals surface area contributed by atoms with E-state index in [1.165, 1.54) is 0 Å². The molecule has 0 unspecified atom stereocenters. The topological polar surface area (TPSA) is 56.3 Å². The molecule has 0 aliphatic carbocycles. The number of aromatic nitrogens is 2. The predicted octanol–water partition coefficient (Wildman–Crippen LogP) is 4.87. The number of hydrogen-bond donors (Lipinski definition) is 1. The molecule has 0 aliphatic heterocycles. The molecule has 0 radical (unpaired) electrons. The molecule has 22 heavy (non-hydrogen) atoms. The number of nitrogens with zero attached hydrogens (tertiary/aromatic N) is 2. The number of anilines is 1. The van der Waals surface area contributed by atoms with E-state index in [0.717, 1.165) is 12.2 Å². The highest BCUT2D eigenvalue weighted by atomic mass is 35.5. The van der Waals surface area contributed by atoms with Gasteiger partial charge in [0.2, 0.25) is 11.0 Å². The summed E-state index contributed by atoms with van der Waals surface area (Å²) in [5, 5.41) is 3.39. The van der Waals surface area contributed by atoms with Crippen LogP contribution in [-0.4, -0.2) is 28.4 Å². The molecule has 1 rings (SSSR count). The number of halogens is 1. The smallest absolute Gasteiger partial charge is 0.247 e. The van der Waals surface area contributed by atoms with Crippen molar-refractivity contribution in [3.8, 4) is 0 Å². The van der Waals surface area contributed by atoms with Crippen LogP contribution in [-0.2, 0) is 27.5 Å². The highest BCUT2D eigenvalue weighted by molar-refractivity contribution is 8.67. The molecule has 0 saturated heterocycles. The van der Waals surface area contributed by atoms with Crippen LogP contribution >= 0.6 is 28.7 Å². The molecule has 5 nitrogen and oxygen atoms in total. The largest absolute Gasteiger partial charge is 0.368 e. The molecule has 0 amide bonds. The molecule has 0 saturated carbocycles. The average molecular weight is 384 g/mol. The van der Waals surface area contributed by atoms with Crippen LogP contribution in [0.2, 0.25) is 5.28 Å². The Bertz CT molecular complexity index is 520. The van der Waals surface area contributed by atoms with E-state index >= 15 is 0 Å². The summed E-state index contributed by atoms with van der Waals surface area (Å²) in [6.45, 7) is 8.89. The Morgan fingerprint density at radius 1 is 1.36 bits per heavy atom. The first-order valence-electron chi connectivity index (χ1n) is 7.22. The summed E-state index contributed by atoms with van der Waals surface area (Å²) < 4.78 is 11.5. The third-order valence-electron chi connectivity index (χ3n) is 2.30. The third-order valence-corrected chi connectivity index (χ3v) is 8.11. The van der Waals surface area contributed by atoms with Crippen LogP contribution in [0.4, 0.5) is 5.82 Å². The summed E-state index contributed by atoms with van der Waals surface area (Å²) in [5.74, 6) is 1.60. The zero-order valence-electron chi connectivity index (χ0n) is 13.3. The summed E-state index contributed by atoms with van der Waals surface area (Å²) in [6.07, 6.45) is 1.03. The van der Waals surface area contributed by atoms with Crippen molar-refractivity contribution >= 4 is 46.3 Å². The summed E-state index contributed by atoms with van der Waals surface area (Å²) in [7, 11) is 0. The van der Waals surface area contributed by atoms with Gasteiger partial charge in [-0.25, -0.2) is 9.97 Å². The van der Waals surface area contributed by atoms with E-state index in [0.29, 0.717) is 18.1 Å². The van der Waals surface area contributed by atoms with Crippen LogP contribution in [0.1, 0.15) is 39.8 Å². The van der Waals surface area contributed by atoms with Crippen molar-refractivity contribution in [2.45, 2.75) is 46.8 Å². The van der Waals surface area contributed by atoms with Gasteiger partial charge in [0.1, 0.15) is 5.82 Å². The number of nitrogens with one attached hydrogen (secondary N) is 1. The molecule has 1 atom stereocenters. The molecule has 0 aliphatic rings.